The van der Waals surface area contributed by atoms with E-state index < -0.39 is 5.60 Å². The molecule has 1 fully saturated rings. The summed E-state index contributed by atoms with van der Waals surface area (Å²) in [5.41, 5.74) is 13.7. The quantitative estimate of drug-likeness (QED) is 0.376. The number of rotatable bonds is 4. The molecule has 176 valence electrons. The molecular formula is C25H24N8O2. The van der Waals surface area contributed by atoms with Gasteiger partial charge in [0.1, 0.15) is 11.3 Å². The summed E-state index contributed by atoms with van der Waals surface area (Å²) in [5, 5.41) is 15.6. The number of nitrogens with zero attached hydrogens (tertiary/aromatic N) is 6. The second kappa shape index (κ2) is 8.79. The molecule has 10 nitrogen and oxygen atoms in total. The number of amides is 1. The molecule has 0 spiro atoms. The van der Waals surface area contributed by atoms with Crippen LogP contribution in [0.5, 0.6) is 0 Å². The maximum absolute atomic E-state index is 12.2. The molecule has 1 atom stereocenters. The Hall–Kier alpha value is -4.33. The van der Waals surface area contributed by atoms with Crippen LogP contribution in [0.3, 0.4) is 0 Å². The molecule has 1 amide bonds. The summed E-state index contributed by atoms with van der Waals surface area (Å²) >= 11 is 0. The van der Waals surface area contributed by atoms with Gasteiger partial charge in [0.15, 0.2) is 5.82 Å². The Bertz CT molecular complexity index is 1500. The first-order chi connectivity index (χ1) is 16.9. The number of hydrogen-bond donors (Lipinski definition) is 3. The zero-order valence-electron chi connectivity index (χ0n) is 19.1. The van der Waals surface area contributed by atoms with Gasteiger partial charge >= 0.3 is 0 Å². The summed E-state index contributed by atoms with van der Waals surface area (Å²) in [6, 6.07) is 7.30. The molecule has 1 aliphatic heterocycles. The predicted molar refractivity (Wildman–Crippen MR) is 132 cm³/mol. The fourth-order valence-corrected chi connectivity index (χ4v) is 4.05. The normalized spacial score (nSPS) is 17.6. The molecule has 0 saturated carbocycles. The smallest absolute Gasteiger partial charge is 0.267 e. The number of hydrogen-bond acceptors (Lipinski definition) is 8. The first-order valence-corrected chi connectivity index (χ1v) is 11.1. The number of likely N-dealkylation sites (N-methyl/N-ethyl adjacent to an activating group) is 1. The van der Waals surface area contributed by atoms with Gasteiger partial charge in [-0.05, 0) is 12.1 Å². The van der Waals surface area contributed by atoms with Crippen LogP contribution >= 0.6 is 0 Å². The number of nitrogen functional groups attached to an aromatic ring is 1. The van der Waals surface area contributed by atoms with Crippen molar-refractivity contribution < 1.29 is 9.90 Å². The molecule has 3 aromatic heterocycles. The van der Waals surface area contributed by atoms with Crippen LogP contribution in [0.4, 0.5) is 5.82 Å². The minimum atomic E-state index is -1.65. The van der Waals surface area contributed by atoms with Crippen molar-refractivity contribution in [1.82, 2.24) is 29.6 Å². The number of likely N-dealkylation sites (tertiary alicyclic amines) is 1. The highest BCUT2D eigenvalue weighted by Crippen LogP contribution is 2.30. The Labute approximate surface area is 201 Å². The molecule has 5 N–H and O–H groups in total. The van der Waals surface area contributed by atoms with Gasteiger partial charge in [0.2, 0.25) is 5.60 Å². The van der Waals surface area contributed by atoms with Gasteiger partial charge in [-0.15, -0.1) is 0 Å². The van der Waals surface area contributed by atoms with Gasteiger partial charge in [-0.3, -0.25) is 9.48 Å². The number of carbonyl (C=O) groups excluding carboxylic acids is 1. The van der Waals surface area contributed by atoms with Crippen molar-refractivity contribution in [2.45, 2.75) is 18.6 Å². The molecule has 0 aliphatic carbocycles. The van der Waals surface area contributed by atoms with E-state index in [2.05, 4.69) is 31.9 Å². The lowest BCUT2D eigenvalue weighted by Gasteiger charge is -2.13. The van der Waals surface area contributed by atoms with Crippen LogP contribution in [-0.2, 0) is 11.3 Å². The standard InChI is InChI=1S/C25H24N8O2/c1-32-9-7-25(35,24(32)34)6-5-16-3-2-4-17(11-16)23-29-14-20-19(13-28-22(27)21(20)31-23)18-12-30-33(15-18)10-8-26/h2-4,11-15,35H,7-10,26H2,1H3,(H2,27,28). The lowest BCUT2D eigenvalue weighted by molar-refractivity contribution is -0.137. The lowest BCUT2D eigenvalue weighted by Crippen LogP contribution is -2.37. The van der Waals surface area contributed by atoms with Gasteiger partial charge < -0.3 is 21.5 Å². The molecule has 0 bridgehead atoms. The Morgan fingerprint density at radius 3 is 2.83 bits per heavy atom. The van der Waals surface area contributed by atoms with E-state index in [0.29, 0.717) is 42.4 Å². The summed E-state index contributed by atoms with van der Waals surface area (Å²) in [6.45, 7) is 1.58. The number of nitrogens with two attached hydrogens (primary N) is 2. The van der Waals surface area contributed by atoms with Crippen LogP contribution in [0.2, 0.25) is 0 Å². The molecule has 35 heavy (non-hydrogen) atoms. The van der Waals surface area contributed by atoms with E-state index in [1.165, 1.54) is 4.90 Å². The zero-order valence-corrected chi connectivity index (χ0v) is 19.1. The van der Waals surface area contributed by atoms with Gasteiger partial charge in [0.05, 0.1) is 12.7 Å². The van der Waals surface area contributed by atoms with Crippen molar-refractivity contribution >= 4 is 22.6 Å². The van der Waals surface area contributed by atoms with E-state index in [1.807, 2.05) is 24.4 Å². The minimum Gasteiger partial charge on any atom is -0.382 e. The van der Waals surface area contributed by atoms with E-state index >= 15 is 0 Å². The maximum atomic E-state index is 12.2. The average molecular weight is 469 g/mol. The van der Waals surface area contributed by atoms with Crippen LogP contribution in [0, 0.1) is 11.8 Å². The SMILES string of the molecule is CN1CCC(O)(C#Cc2cccc(-c3ncc4c(-c5cnn(CCN)c5)cnc(N)c4n3)c2)C1=O. The van der Waals surface area contributed by atoms with Crippen molar-refractivity contribution in [3.63, 3.8) is 0 Å². The summed E-state index contributed by atoms with van der Waals surface area (Å²) in [7, 11) is 1.65. The lowest BCUT2D eigenvalue weighted by atomic mass is 10.0. The fourth-order valence-electron chi connectivity index (χ4n) is 4.05. The van der Waals surface area contributed by atoms with Gasteiger partial charge in [-0.25, -0.2) is 15.0 Å². The van der Waals surface area contributed by atoms with Gasteiger partial charge in [-0.1, -0.05) is 24.0 Å². The molecule has 10 heteroatoms. The zero-order chi connectivity index (χ0) is 24.6. The average Bonchev–Trinajstić information content (AvgIpc) is 3.44. The molecule has 0 radical (unpaired) electrons. The van der Waals surface area contributed by atoms with E-state index in [9.17, 15) is 9.90 Å². The van der Waals surface area contributed by atoms with Crippen LogP contribution in [-0.4, -0.2) is 66.4 Å². The number of fused-ring (bicyclic) bond motifs is 1. The number of aliphatic hydroxyl groups is 1. The van der Waals surface area contributed by atoms with Gasteiger partial charge in [0, 0.05) is 72.8 Å². The van der Waals surface area contributed by atoms with E-state index in [-0.39, 0.29) is 12.3 Å². The van der Waals surface area contributed by atoms with Crippen molar-refractivity contribution in [3.05, 3.63) is 54.6 Å². The number of pyridine rings is 1. The van der Waals surface area contributed by atoms with E-state index in [1.54, 1.807) is 36.4 Å². The molecule has 4 heterocycles. The molecule has 1 aromatic carbocycles. The third kappa shape index (κ3) is 4.19. The Kier molecular flexibility index (Phi) is 5.64. The Morgan fingerprint density at radius 2 is 2.06 bits per heavy atom. The van der Waals surface area contributed by atoms with Crippen molar-refractivity contribution in [2.75, 3.05) is 25.9 Å². The van der Waals surface area contributed by atoms with E-state index in [0.717, 1.165) is 22.1 Å². The number of benzene rings is 1. The summed E-state index contributed by atoms with van der Waals surface area (Å²) in [6.07, 6.45) is 7.34. The predicted octanol–water partition coefficient (Wildman–Crippen LogP) is 1.04. The third-order valence-corrected chi connectivity index (χ3v) is 6.00. The molecule has 1 unspecified atom stereocenters. The maximum Gasteiger partial charge on any atom is 0.267 e. The highest BCUT2D eigenvalue weighted by atomic mass is 16.3. The monoisotopic (exact) mass is 468 g/mol. The highest BCUT2D eigenvalue weighted by Gasteiger charge is 2.42. The van der Waals surface area contributed by atoms with Crippen LogP contribution < -0.4 is 11.5 Å². The van der Waals surface area contributed by atoms with Crippen molar-refractivity contribution in [1.29, 1.82) is 0 Å². The Balaban J connectivity index is 1.50. The molecule has 4 aromatic rings. The van der Waals surface area contributed by atoms with Gasteiger partial charge in [-0.2, -0.15) is 5.10 Å². The largest absolute Gasteiger partial charge is 0.382 e. The van der Waals surface area contributed by atoms with Crippen LogP contribution in [0.1, 0.15) is 12.0 Å². The summed E-state index contributed by atoms with van der Waals surface area (Å²) < 4.78 is 1.77. The molecule has 5 rings (SSSR count). The van der Waals surface area contributed by atoms with Gasteiger partial charge in [0.25, 0.3) is 5.91 Å². The summed E-state index contributed by atoms with van der Waals surface area (Å²) in [5.74, 6) is 6.03. The van der Waals surface area contributed by atoms with Crippen LogP contribution in [0.25, 0.3) is 33.4 Å². The second-order valence-corrected chi connectivity index (χ2v) is 8.46. The number of carbonyl (C=O) groups is 1. The third-order valence-electron chi connectivity index (χ3n) is 6.00. The number of aromatic nitrogens is 5. The fraction of sp³-hybridized carbons (Fsp3) is 0.240. The molecule has 1 saturated heterocycles. The second-order valence-electron chi connectivity index (χ2n) is 8.46. The minimum absolute atomic E-state index is 0.280. The first-order valence-electron chi connectivity index (χ1n) is 11.1. The molecular weight excluding hydrogens is 444 g/mol. The first kappa shape index (κ1) is 22.5. The van der Waals surface area contributed by atoms with Crippen LogP contribution in [0.15, 0.2) is 49.1 Å². The summed E-state index contributed by atoms with van der Waals surface area (Å²) in [4.78, 5) is 27.2. The van der Waals surface area contributed by atoms with Crippen molar-refractivity contribution in [2.24, 2.45) is 5.73 Å². The topological polar surface area (TPSA) is 149 Å². The van der Waals surface area contributed by atoms with Crippen molar-refractivity contribution in [3.8, 4) is 34.4 Å². The number of anilines is 1. The highest BCUT2D eigenvalue weighted by molar-refractivity contribution is 5.98. The Morgan fingerprint density at radius 1 is 1.20 bits per heavy atom. The van der Waals surface area contributed by atoms with E-state index in [4.69, 9.17) is 11.5 Å². The molecule has 1 aliphatic rings.